The SMILES string of the molecule is CCC(C)Cn1ccc2cccc(N)c21. The number of rotatable bonds is 3. The molecule has 0 aliphatic carbocycles. The number of fused-ring (bicyclic) bond motifs is 1. The average Bonchev–Trinajstić information content (AvgIpc) is 2.63. The second-order valence-corrected chi connectivity index (χ2v) is 4.27. The van der Waals surface area contributed by atoms with Gasteiger partial charge in [-0.05, 0) is 18.1 Å². The summed E-state index contributed by atoms with van der Waals surface area (Å²) >= 11 is 0. The van der Waals surface area contributed by atoms with E-state index in [0.717, 1.165) is 12.2 Å². The van der Waals surface area contributed by atoms with Crippen molar-refractivity contribution >= 4 is 16.6 Å². The molecule has 0 bridgehead atoms. The Bertz CT molecular complexity index is 457. The van der Waals surface area contributed by atoms with Crippen LogP contribution in [0.15, 0.2) is 30.5 Å². The number of benzene rings is 1. The van der Waals surface area contributed by atoms with Crippen molar-refractivity contribution in [1.29, 1.82) is 0 Å². The minimum atomic E-state index is 0.695. The summed E-state index contributed by atoms with van der Waals surface area (Å²) in [7, 11) is 0. The van der Waals surface area contributed by atoms with Gasteiger partial charge in [-0.15, -0.1) is 0 Å². The number of hydrogen-bond acceptors (Lipinski definition) is 1. The largest absolute Gasteiger partial charge is 0.397 e. The van der Waals surface area contributed by atoms with Gasteiger partial charge in [0.25, 0.3) is 0 Å². The van der Waals surface area contributed by atoms with E-state index in [1.54, 1.807) is 0 Å². The minimum absolute atomic E-state index is 0.695. The normalized spacial score (nSPS) is 13.2. The van der Waals surface area contributed by atoms with Crippen molar-refractivity contribution in [3.8, 4) is 0 Å². The second-order valence-electron chi connectivity index (χ2n) is 4.27. The standard InChI is InChI=1S/C13H18N2/c1-3-10(2)9-15-8-7-11-5-4-6-12(14)13(11)15/h4-8,10H,3,9,14H2,1-2H3. The predicted octanol–water partition coefficient (Wildman–Crippen LogP) is 3.27. The van der Waals surface area contributed by atoms with E-state index in [4.69, 9.17) is 5.73 Å². The molecule has 1 atom stereocenters. The van der Waals surface area contributed by atoms with Gasteiger partial charge in [-0.2, -0.15) is 0 Å². The van der Waals surface area contributed by atoms with Gasteiger partial charge in [0.2, 0.25) is 0 Å². The molecule has 0 aliphatic rings. The highest BCUT2D eigenvalue weighted by molar-refractivity contribution is 5.90. The maximum absolute atomic E-state index is 6.00. The monoisotopic (exact) mass is 202 g/mol. The van der Waals surface area contributed by atoms with E-state index in [1.807, 2.05) is 12.1 Å². The van der Waals surface area contributed by atoms with E-state index in [-0.39, 0.29) is 0 Å². The van der Waals surface area contributed by atoms with Gasteiger partial charge in [0.05, 0.1) is 11.2 Å². The van der Waals surface area contributed by atoms with Crippen molar-refractivity contribution in [1.82, 2.24) is 4.57 Å². The van der Waals surface area contributed by atoms with Crippen molar-refractivity contribution in [2.45, 2.75) is 26.8 Å². The van der Waals surface area contributed by atoms with Crippen LogP contribution in [-0.4, -0.2) is 4.57 Å². The molecule has 0 fully saturated rings. The molecular formula is C13H18N2. The molecule has 2 N–H and O–H groups in total. The summed E-state index contributed by atoms with van der Waals surface area (Å²) in [5.41, 5.74) is 8.05. The third kappa shape index (κ3) is 1.84. The number of para-hydroxylation sites is 1. The fourth-order valence-electron chi connectivity index (χ4n) is 1.91. The van der Waals surface area contributed by atoms with Crippen LogP contribution in [0.1, 0.15) is 20.3 Å². The van der Waals surface area contributed by atoms with Crippen LogP contribution in [0.2, 0.25) is 0 Å². The lowest BCUT2D eigenvalue weighted by atomic mass is 10.1. The molecule has 0 saturated heterocycles. The molecule has 2 rings (SSSR count). The molecule has 2 heteroatoms. The van der Waals surface area contributed by atoms with Gasteiger partial charge < -0.3 is 10.3 Å². The molecule has 1 heterocycles. The Morgan fingerprint density at radius 2 is 2.13 bits per heavy atom. The molecule has 0 radical (unpaired) electrons. The minimum Gasteiger partial charge on any atom is -0.397 e. The van der Waals surface area contributed by atoms with Crippen LogP contribution in [0.3, 0.4) is 0 Å². The third-order valence-electron chi connectivity index (χ3n) is 3.02. The highest BCUT2D eigenvalue weighted by Crippen LogP contribution is 2.23. The van der Waals surface area contributed by atoms with Crippen LogP contribution in [0.5, 0.6) is 0 Å². The fraction of sp³-hybridized carbons (Fsp3) is 0.385. The second kappa shape index (κ2) is 3.97. The molecule has 2 aromatic rings. The number of aromatic nitrogens is 1. The maximum Gasteiger partial charge on any atom is 0.0713 e. The first-order valence-corrected chi connectivity index (χ1v) is 5.55. The van der Waals surface area contributed by atoms with E-state index in [9.17, 15) is 0 Å². The van der Waals surface area contributed by atoms with Crippen molar-refractivity contribution in [3.05, 3.63) is 30.5 Å². The van der Waals surface area contributed by atoms with Crippen molar-refractivity contribution < 1.29 is 0 Å². The molecule has 2 nitrogen and oxygen atoms in total. The van der Waals surface area contributed by atoms with E-state index < -0.39 is 0 Å². The Hall–Kier alpha value is -1.44. The Labute approximate surface area is 90.7 Å². The number of nitrogens with zero attached hydrogens (tertiary/aromatic N) is 1. The predicted molar refractivity (Wildman–Crippen MR) is 65.8 cm³/mol. The summed E-state index contributed by atoms with van der Waals surface area (Å²) in [4.78, 5) is 0. The quantitative estimate of drug-likeness (QED) is 0.761. The molecule has 1 unspecified atom stereocenters. The Balaban J connectivity index is 2.43. The molecule has 0 saturated carbocycles. The smallest absolute Gasteiger partial charge is 0.0713 e. The molecule has 80 valence electrons. The van der Waals surface area contributed by atoms with Crippen LogP contribution in [-0.2, 0) is 6.54 Å². The van der Waals surface area contributed by atoms with Gasteiger partial charge in [-0.1, -0.05) is 32.4 Å². The number of hydrogen-bond donors (Lipinski definition) is 1. The molecule has 0 amide bonds. The van der Waals surface area contributed by atoms with E-state index >= 15 is 0 Å². The van der Waals surface area contributed by atoms with E-state index in [0.29, 0.717) is 5.92 Å². The van der Waals surface area contributed by atoms with E-state index in [1.165, 1.54) is 17.3 Å². The Kier molecular flexibility index (Phi) is 2.67. The van der Waals surface area contributed by atoms with Gasteiger partial charge in [-0.25, -0.2) is 0 Å². The first-order valence-electron chi connectivity index (χ1n) is 5.55. The summed E-state index contributed by atoms with van der Waals surface area (Å²) in [6.07, 6.45) is 3.33. The highest BCUT2D eigenvalue weighted by atomic mass is 15.0. The summed E-state index contributed by atoms with van der Waals surface area (Å²) in [5.74, 6) is 0.695. The number of nitrogens with two attached hydrogens (primary N) is 1. The lowest BCUT2D eigenvalue weighted by molar-refractivity contribution is 0.478. The molecule has 1 aromatic heterocycles. The topological polar surface area (TPSA) is 30.9 Å². The Morgan fingerprint density at radius 3 is 2.87 bits per heavy atom. The van der Waals surface area contributed by atoms with Crippen LogP contribution in [0, 0.1) is 5.92 Å². The molecule has 0 aliphatic heterocycles. The van der Waals surface area contributed by atoms with Crippen LogP contribution in [0.4, 0.5) is 5.69 Å². The highest BCUT2D eigenvalue weighted by Gasteiger charge is 2.06. The van der Waals surface area contributed by atoms with E-state index in [2.05, 4.69) is 36.7 Å². The summed E-state index contributed by atoms with van der Waals surface area (Å²) in [5, 5.41) is 1.23. The van der Waals surface area contributed by atoms with Crippen molar-refractivity contribution in [2.24, 2.45) is 5.92 Å². The molecule has 1 aromatic carbocycles. The average molecular weight is 202 g/mol. The zero-order valence-electron chi connectivity index (χ0n) is 9.40. The summed E-state index contributed by atoms with van der Waals surface area (Å²) in [6, 6.07) is 8.22. The lowest BCUT2D eigenvalue weighted by Gasteiger charge is -2.12. The van der Waals surface area contributed by atoms with Gasteiger partial charge >= 0.3 is 0 Å². The van der Waals surface area contributed by atoms with Crippen LogP contribution in [0.25, 0.3) is 10.9 Å². The number of anilines is 1. The van der Waals surface area contributed by atoms with Gasteiger partial charge in [0.1, 0.15) is 0 Å². The lowest BCUT2D eigenvalue weighted by Crippen LogP contribution is -2.06. The maximum atomic E-state index is 6.00. The zero-order valence-corrected chi connectivity index (χ0v) is 9.40. The Morgan fingerprint density at radius 1 is 1.33 bits per heavy atom. The molecule has 15 heavy (non-hydrogen) atoms. The first-order chi connectivity index (χ1) is 7.22. The van der Waals surface area contributed by atoms with Crippen LogP contribution < -0.4 is 5.73 Å². The van der Waals surface area contributed by atoms with Crippen molar-refractivity contribution in [3.63, 3.8) is 0 Å². The first kappa shape index (κ1) is 10.1. The van der Waals surface area contributed by atoms with Gasteiger partial charge in [-0.3, -0.25) is 0 Å². The summed E-state index contributed by atoms with van der Waals surface area (Å²) in [6.45, 7) is 5.54. The molecular weight excluding hydrogens is 184 g/mol. The van der Waals surface area contributed by atoms with Crippen molar-refractivity contribution in [2.75, 3.05) is 5.73 Å². The van der Waals surface area contributed by atoms with Gasteiger partial charge in [0.15, 0.2) is 0 Å². The zero-order chi connectivity index (χ0) is 10.8. The van der Waals surface area contributed by atoms with Gasteiger partial charge in [0, 0.05) is 18.1 Å². The summed E-state index contributed by atoms with van der Waals surface area (Å²) < 4.78 is 2.26. The number of nitrogen functional groups attached to an aromatic ring is 1. The third-order valence-corrected chi connectivity index (χ3v) is 3.02. The van der Waals surface area contributed by atoms with Crippen LogP contribution >= 0.6 is 0 Å². The fourth-order valence-corrected chi connectivity index (χ4v) is 1.91. The molecule has 0 spiro atoms.